The summed E-state index contributed by atoms with van der Waals surface area (Å²) in [5.74, 6) is 1.63. The molecule has 4 rings (SSSR count). The molecule has 0 saturated heterocycles. The van der Waals surface area contributed by atoms with E-state index in [1.54, 1.807) is 6.33 Å². The Morgan fingerprint density at radius 2 is 1.77 bits per heavy atom. The molecule has 0 aliphatic heterocycles. The van der Waals surface area contributed by atoms with Gasteiger partial charge in [0.15, 0.2) is 11.8 Å². The molecule has 30 heavy (non-hydrogen) atoms. The number of hydrogen-bond acceptors (Lipinski definition) is 4. The zero-order valence-electron chi connectivity index (χ0n) is 17.0. The van der Waals surface area contributed by atoms with Crippen LogP contribution in [-0.2, 0) is 6.54 Å². The molecule has 6 nitrogen and oxygen atoms in total. The molecule has 0 radical (unpaired) electrons. The zero-order chi connectivity index (χ0) is 19.9. The van der Waals surface area contributed by atoms with E-state index >= 15 is 0 Å². The second-order valence-electron chi connectivity index (χ2n) is 7.10. The molecule has 0 atom stereocenters. The predicted molar refractivity (Wildman–Crippen MR) is 134 cm³/mol. The van der Waals surface area contributed by atoms with Gasteiger partial charge in [0, 0.05) is 28.4 Å². The molecule has 0 spiro atoms. The highest BCUT2D eigenvalue weighted by molar-refractivity contribution is 14.0. The molecule has 8 heteroatoms. The number of rotatable bonds is 8. The van der Waals surface area contributed by atoms with Gasteiger partial charge in [-0.2, -0.15) is 0 Å². The molecule has 1 aromatic heterocycles. The highest BCUT2D eigenvalue weighted by atomic mass is 127. The minimum Gasteiger partial charge on any atom is -0.357 e. The maximum atomic E-state index is 4.74. The van der Waals surface area contributed by atoms with Crippen LogP contribution >= 0.6 is 35.7 Å². The van der Waals surface area contributed by atoms with Crippen LogP contribution in [0.4, 0.5) is 0 Å². The SMILES string of the molecule is CCNC(=NCc1nncn1-c1ccccc1)NCC1(Sc2ccccc2)CC1.I. The Balaban J connectivity index is 0.00000256. The van der Waals surface area contributed by atoms with Crippen LogP contribution in [0.15, 0.2) is 76.9 Å². The second-order valence-corrected chi connectivity index (χ2v) is 8.64. The number of thioether (sulfide) groups is 1. The van der Waals surface area contributed by atoms with Crippen LogP contribution in [0.25, 0.3) is 5.69 Å². The van der Waals surface area contributed by atoms with Crippen LogP contribution in [0.1, 0.15) is 25.6 Å². The van der Waals surface area contributed by atoms with E-state index in [2.05, 4.69) is 58.1 Å². The Labute approximate surface area is 199 Å². The number of aromatic nitrogens is 3. The molecule has 0 bridgehead atoms. The number of halogens is 1. The monoisotopic (exact) mass is 534 g/mol. The van der Waals surface area contributed by atoms with Gasteiger partial charge in [0.1, 0.15) is 12.9 Å². The van der Waals surface area contributed by atoms with Crippen molar-refractivity contribution in [2.45, 2.75) is 36.0 Å². The Morgan fingerprint density at radius 3 is 2.43 bits per heavy atom. The standard InChI is InChI=1S/C22H26N6S.HI/c1-2-23-21(25-16-22(13-14-22)29-19-11-7-4-8-12-19)24-15-20-27-26-17-28(20)18-9-5-3-6-10-18;/h3-12,17H,2,13-16H2,1H3,(H2,23,24,25);1H. The zero-order valence-corrected chi connectivity index (χ0v) is 20.1. The lowest BCUT2D eigenvalue weighted by molar-refractivity contribution is 0.760. The fraction of sp³-hybridized carbons (Fsp3) is 0.318. The van der Waals surface area contributed by atoms with Gasteiger partial charge in [-0.15, -0.1) is 45.9 Å². The van der Waals surface area contributed by atoms with Crippen molar-refractivity contribution in [2.75, 3.05) is 13.1 Å². The largest absolute Gasteiger partial charge is 0.357 e. The first-order valence-electron chi connectivity index (χ1n) is 9.99. The van der Waals surface area contributed by atoms with Crippen LogP contribution in [0, 0.1) is 0 Å². The van der Waals surface area contributed by atoms with Gasteiger partial charge in [-0.3, -0.25) is 4.57 Å². The van der Waals surface area contributed by atoms with Gasteiger partial charge >= 0.3 is 0 Å². The van der Waals surface area contributed by atoms with Crippen LogP contribution in [0.5, 0.6) is 0 Å². The third kappa shape index (κ3) is 5.98. The number of nitrogens with zero attached hydrogens (tertiary/aromatic N) is 4. The molecule has 3 aromatic rings. The summed E-state index contributed by atoms with van der Waals surface area (Å²) in [6.45, 7) is 4.25. The minimum absolute atomic E-state index is 0. The van der Waals surface area contributed by atoms with Gasteiger partial charge in [0.2, 0.25) is 0 Å². The molecule has 1 aliphatic rings. The van der Waals surface area contributed by atoms with Gasteiger partial charge in [0.05, 0.1) is 0 Å². The molecule has 2 N–H and O–H groups in total. The summed E-state index contributed by atoms with van der Waals surface area (Å²) in [6, 6.07) is 20.7. The summed E-state index contributed by atoms with van der Waals surface area (Å²) in [4.78, 5) is 6.07. The highest BCUT2D eigenvalue weighted by Crippen LogP contribution is 2.51. The van der Waals surface area contributed by atoms with E-state index < -0.39 is 0 Å². The van der Waals surface area contributed by atoms with Crippen molar-refractivity contribution in [3.05, 3.63) is 72.8 Å². The van der Waals surface area contributed by atoms with Crippen molar-refractivity contribution in [3.63, 3.8) is 0 Å². The predicted octanol–water partition coefficient (Wildman–Crippen LogP) is 4.27. The number of guanidine groups is 1. The third-order valence-electron chi connectivity index (χ3n) is 4.84. The molecular formula is C22H27IN6S. The normalized spacial score (nSPS) is 14.6. The fourth-order valence-electron chi connectivity index (χ4n) is 3.10. The maximum absolute atomic E-state index is 4.74. The van der Waals surface area contributed by atoms with Crippen molar-refractivity contribution < 1.29 is 0 Å². The summed E-state index contributed by atoms with van der Waals surface area (Å²) in [6.07, 6.45) is 4.18. The van der Waals surface area contributed by atoms with Crippen LogP contribution in [-0.4, -0.2) is 38.6 Å². The van der Waals surface area contributed by atoms with Gasteiger partial charge in [0.25, 0.3) is 0 Å². The van der Waals surface area contributed by atoms with E-state index in [0.717, 1.165) is 30.6 Å². The van der Waals surface area contributed by atoms with Crippen molar-refractivity contribution >= 4 is 41.7 Å². The topological polar surface area (TPSA) is 67.1 Å². The first-order valence-corrected chi connectivity index (χ1v) is 10.8. The van der Waals surface area contributed by atoms with E-state index in [1.807, 2.05) is 46.7 Å². The highest BCUT2D eigenvalue weighted by Gasteiger charge is 2.43. The van der Waals surface area contributed by atoms with Crippen molar-refractivity contribution in [2.24, 2.45) is 4.99 Å². The van der Waals surface area contributed by atoms with Crippen molar-refractivity contribution in [1.29, 1.82) is 0 Å². The summed E-state index contributed by atoms with van der Waals surface area (Å²) >= 11 is 1.96. The molecule has 0 unspecified atom stereocenters. The van der Waals surface area contributed by atoms with Gasteiger partial charge < -0.3 is 10.6 Å². The lowest BCUT2D eigenvalue weighted by Crippen LogP contribution is -2.41. The first-order chi connectivity index (χ1) is 14.3. The fourth-order valence-corrected chi connectivity index (χ4v) is 4.34. The molecule has 1 heterocycles. The summed E-state index contributed by atoms with van der Waals surface area (Å²) in [5, 5.41) is 15.2. The second kappa shape index (κ2) is 10.8. The molecule has 1 fully saturated rings. The molecule has 1 aliphatic carbocycles. The average molecular weight is 534 g/mol. The Bertz CT molecular complexity index is 941. The Kier molecular flexibility index (Phi) is 8.15. The molecule has 0 amide bonds. The number of nitrogens with one attached hydrogen (secondary N) is 2. The van der Waals surface area contributed by atoms with E-state index in [4.69, 9.17) is 4.99 Å². The minimum atomic E-state index is 0. The number of benzene rings is 2. The third-order valence-corrected chi connectivity index (χ3v) is 6.33. The van der Waals surface area contributed by atoms with E-state index in [-0.39, 0.29) is 28.7 Å². The number of hydrogen-bond donors (Lipinski definition) is 2. The van der Waals surface area contributed by atoms with E-state index in [1.165, 1.54) is 17.7 Å². The van der Waals surface area contributed by atoms with Crippen LogP contribution in [0.2, 0.25) is 0 Å². The molecular weight excluding hydrogens is 507 g/mol. The number of aliphatic imine (C=N–C) groups is 1. The first kappa shape index (κ1) is 22.6. The summed E-state index contributed by atoms with van der Waals surface area (Å²) < 4.78 is 2.24. The average Bonchev–Trinajstić information content (AvgIpc) is 3.36. The van der Waals surface area contributed by atoms with Crippen LogP contribution < -0.4 is 10.6 Å². The Morgan fingerprint density at radius 1 is 1.07 bits per heavy atom. The van der Waals surface area contributed by atoms with Gasteiger partial charge in [-0.1, -0.05) is 36.4 Å². The smallest absolute Gasteiger partial charge is 0.191 e. The summed E-state index contributed by atoms with van der Waals surface area (Å²) in [5.41, 5.74) is 1.04. The van der Waals surface area contributed by atoms with Crippen LogP contribution in [0.3, 0.4) is 0 Å². The molecule has 158 valence electrons. The van der Waals surface area contributed by atoms with E-state index in [9.17, 15) is 0 Å². The molecule has 2 aromatic carbocycles. The van der Waals surface area contributed by atoms with Crippen molar-refractivity contribution in [1.82, 2.24) is 25.4 Å². The van der Waals surface area contributed by atoms with Crippen molar-refractivity contribution in [3.8, 4) is 5.69 Å². The summed E-state index contributed by atoms with van der Waals surface area (Å²) in [7, 11) is 0. The quantitative estimate of drug-likeness (QED) is 0.257. The lowest BCUT2D eigenvalue weighted by Gasteiger charge is -2.18. The van der Waals surface area contributed by atoms with E-state index in [0.29, 0.717) is 6.54 Å². The van der Waals surface area contributed by atoms with Gasteiger partial charge in [-0.25, -0.2) is 4.99 Å². The maximum Gasteiger partial charge on any atom is 0.191 e. The Hall–Kier alpha value is -2.07. The lowest BCUT2D eigenvalue weighted by atomic mass is 10.3. The van der Waals surface area contributed by atoms with Gasteiger partial charge in [-0.05, 0) is 44.0 Å². The number of para-hydroxylation sites is 1. The molecule has 1 saturated carbocycles.